The quantitative estimate of drug-likeness (QED) is 0.592. The molecule has 0 saturated carbocycles. The van der Waals surface area contributed by atoms with E-state index < -0.39 is 0 Å². The number of ether oxygens (including phenoxy) is 1. The van der Waals surface area contributed by atoms with Crippen molar-refractivity contribution < 1.29 is 4.74 Å². The highest BCUT2D eigenvalue weighted by Gasteiger charge is 2.55. The van der Waals surface area contributed by atoms with Gasteiger partial charge in [0, 0.05) is 18.6 Å². The third-order valence-electron chi connectivity index (χ3n) is 4.04. The molecule has 0 aromatic rings. The van der Waals surface area contributed by atoms with Crippen LogP contribution < -0.4 is 5.32 Å². The van der Waals surface area contributed by atoms with Crippen LogP contribution in [0.2, 0.25) is 0 Å². The lowest BCUT2D eigenvalue weighted by atomic mass is 9.67. The van der Waals surface area contributed by atoms with Gasteiger partial charge in [0.1, 0.15) is 0 Å². The van der Waals surface area contributed by atoms with Gasteiger partial charge in [-0.3, -0.25) is 0 Å². The topological polar surface area (TPSA) is 21.3 Å². The van der Waals surface area contributed by atoms with Crippen LogP contribution >= 0.6 is 0 Å². The third kappa shape index (κ3) is 0.882. The summed E-state index contributed by atoms with van der Waals surface area (Å²) in [6.45, 7) is 10.1. The van der Waals surface area contributed by atoms with Crippen LogP contribution in [0.15, 0.2) is 0 Å². The van der Waals surface area contributed by atoms with Crippen LogP contribution in [0.1, 0.15) is 27.2 Å². The molecule has 0 radical (unpaired) electrons. The first-order chi connectivity index (χ1) is 5.58. The Bertz CT molecular complexity index is 186. The Kier molecular flexibility index (Phi) is 1.74. The van der Waals surface area contributed by atoms with Gasteiger partial charge in [-0.05, 0) is 32.7 Å². The lowest BCUT2D eigenvalue weighted by Gasteiger charge is -2.39. The molecule has 0 aromatic carbocycles. The smallest absolute Gasteiger partial charge is 0.0698 e. The van der Waals surface area contributed by atoms with Gasteiger partial charge in [-0.15, -0.1) is 0 Å². The summed E-state index contributed by atoms with van der Waals surface area (Å²) in [7, 11) is 0. The van der Waals surface area contributed by atoms with Gasteiger partial charge >= 0.3 is 0 Å². The minimum Gasteiger partial charge on any atom is -0.375 e. The van der Waals surface area contributed by atoms with Crippen molar-refractivity contribution in [1.82, 2.24) is 5.32 Å². The van der Waals surface area contributed by atoms with Crippen molar-refractivity contribution in [3.8, 4) is 0 Å². The summed E-state index contributed by atoms with van der Waals surface area (Å²) in [5, 5.41) is 3.48. The lowest BCUT2D eigenvalue weighted by Crippen LogP contribution is -2.44. The second-order valence-corrected chi connectivity index (χ2v) is 4.80. The molecule has 0 aliphatic carbocycles. The molecule has 2 atom stereocenters. The molecule has 2 aliphatic heterocycles. The Morgan fingerprint density at radius 1 is 1.42 bits per heavy atom. The Balaban J connectivity index is 2.29. The molecular weight excluding hydrogens is 150 g/mol. The SMILES string of the molecule is CC1CNCC12CCOC2(C)C. The number of hydrogen-bond donors (Lipinski definition) is 1. The van der Waals surface area contributed by atoms with Gasteiger partial charge in [-0.2, -0.15) is 0 Å². The van der Waals surface area contributed by atoms with E-state index in [9.17, 15) is 0 Å². The second kappa shape index (κ2) is 2.46. The lowest BCUT2D eigenvalue weighted by molar-refractivity contribution is -0.0400. The van der Waals surface area contributed by atoms with Crippen LogP contribution in [0.25, 0.3) is 0 Å². The average molecular weight is 169 g/mol. The van der Waals surface area contributed by atoms with E-state index in [0.717, 1.165) is 25.6 Å². The van der Waals surface area contributed by atoms with Gasteiger partial charge < -0.3 is 10.1 Å². The highest BCUT2D eigenvalue weighted by atomic mass is 16.5. The summed E-state index contributed by atoms with van der Waals surface area (Å²) in [6, 6.07) is 0. The van der Waals surface area contributed by atoms with E-state index in [1.807, 2.05) is 0 Å². The molecule has 2 saturated heterocycles. The molecule has 2 nitrogen and oxygen atoms in total. The summed E-state index contributed by atoms with van der Waals surface area (Å²) in [5.74, 6) is 0.759. The maximum Gasteiger partial charge on any atom is 0.0698 e. The van der Waals surface area contributed by atoms with E-state index in [2.05, 4.69) is 26.1 Å². The van der Waals surface area contributed by atoms with E-state index in [0.29, 0.717) is 5.41 Å². The summed E-state index contributed by atoms with van der Waals surface area (Å²) >= 11 is 0. The van der Waals surface area contributed by atoms with Gasteiger partial charge in [0.05, 0.1) is 5.60 Å². The molecule has 1 N–H and O–H groups in total. The highest BCUT2D eigenvalue weighted by Crippen LogP contribution is 2.50. The van der Waals surface area contributed by atoms with Crippen molar-refractivity contribution in [3.63, 3.8) is 0 Å². The second-order valence-electron chi connectivity index (χ2n) is 4.80. The van der Waals surface area contributed by atoms with Gasteiger partial charge in [0.2, 0.25) is 0 Å². The van der Waals surface area contributed by atoms with Crippen LogP contribution in [-0.2, 0) is 4.74 Å². The van der Waals surface area contributed by atoms with Crippen molar-refractivity contribution in [2.24, 2.45) is 11.3 Å². The summed E-state index contributed by atoms with van der Waals surface area (Å²) < 4.78 is 5.81. The standard InChI is InChI=1S/C10H19NO/c1-8-6-11-7-10(8)4-5-12-9(10,2)3/h8,11H,4-7H2,1-3H3. The molecule has 0 amide bonds. The zero-order chi connectivity index (χ0) is 8.82. The molecular formula is C10H19NO. The summed E-state index contributed by atoms with van der Waals surface area (Å²) in [5.41, 5.74) is 0.489. The van der Waals surface area contributed by atoms with E-state index in [1.165, 1.54) is 6.42 Å². The fourth-order valence-electron chi connectivity index (χ4n) is 2.96. The monoisotopic (exact) mass is 169 g/mol. The molecule has 2 heterocycles. The van der Waals surface area contributed by atoms with Crippen LogP contribution in [0.5, 0.6) is 0 Å². The first kappa shape index (κ1) is 8.52. The first-order valence-electron chi connectivity index (χ1n) is 4.93. The predicted octanol–water partition coefficient (Wildman–Crippen LogP) is 1.41. The van der Waals surface area contributed by atoms with Crippen LogP contribution in [-0.4, -0.2) is 25.3 Å². The van der Waals surface area contributed by atoms with Gasteiger partial charge in [0.15, 0.2) is 0 Å². The Labute approximate surface area is 74.7 Å². The maximum absolute atomic E-state index is 5.81. The number of nitrogens with one attached hydrogen (secondary N) is 1. The Morgan fingerprint density at radius 2 is 2.17 bits per heavy atom. The number of rotatable bonds is 0. The van der Waals surface area contributed by atoms with Crippen molar-refractivity contribution in [1.29, 1.82) is 0 Å². The minimum atomic E-state index is 0.0793. The molecule has 1 spiro atoms. The van der Waals surface area contributed by atoms with Crippen LogP contribution in [0.4, 0.5) is 0 Å². The van der Waals surface area contributed by atoms with Crippen LogP contribution in [0.3, 0.4) is 0 Å². The molecule has 0 bridgehead atoms. The van der Waals surface area contributed by atoms with Crippen molar-refractivity contribution in [2.45, 2.75) is 32.8 Å². The van der Waals surface area contributed by atoms with E-state index in [-0.39, 0.29) is 5.60 Å². The molecule has 12 heavy (non-hydrogen) atoms. The third-order valence-corrected chi connectivity index (χ3v) is 4.04. The van der Waals surface area contributed by atoms with Gasteiger partial charge in [-0.1, -0.05) is 6.92 Å². The fourth-order valence-corrected chi connectivity index (χ4v) is 2.96. The predicted molar refractivity (Wildman–Crippen MR) is 49.1 cm³/mol. The molecule has 2 heteroatoms. The molecule has 0 aromatic heterocycles. The first-order valence-corrected chi connectivity index (χ1v) is 4.93. The molecule has 2 fully saturated rings. The van der Waals surface area contributed by atoms with Crippen molar-refractivity contribution in [2.75, 3.05) is 19.7 Å². The number of hydrogen-bond acceptors (Lipinski definition) is 2. The normalized spacial score (nSPS) is 45.8. The largest absolute Gasteiger partial charge is 0.375 e. The summed E-state index contributed by atoms with van der Waals surface area (Å²) in [4.78, 5) is 0. The fraction of sp³-hybridized carbons (Fsp3) is 1.00. The Morgan fingerprint density at radius 3 is 2.58 bits per heavy atom. The van der Waals surface area contributed by atoms with E-state index >= 15 is 0 Å². The highest BCUT2D eigenvalue weighted by molar-refractivity contribution is 5.06. The zero-order valence-corrected chi connectivity index (χ0v) is 8.31. The molecule has 2 aliphatic rings. The van der Waals surface area contributed by atoms with E-state index in [1.54, 1.807) is 0 Å². The van der Waals surface area contributed by atoms with Crippen LogP contribution in [0, 0.1) is 11.3 Å². The van der Waals surface area contributed by atoms with Gasteiger partial charge in [-0.25, -0.2) is 0 Å². The average Bonchev–Trinajstić information content (AvgIpc) is 2.45. The Hall–Kier alpha value is -0.0800. The maximum atomic E-state index is 5.81. The summed E-state index contributed by atoms with van der Waals surface area (Å²) in [6.07, 6.45) is 1.23. The van der Waals surface area contributed by atoms with Gasteiger partial charge in [0.25, 0.3) is 0 Å². The molecule has 2 rings (SSSR count). The minimum absolute atomic E-state index is 0.0793. The molecule has 70 valence electrons. The zero-order valence-electron chi connectivity index (χ0n) is 8.31. The molecule has 2 unspecified atom stereocenters. The van der Waals surface area contributed by atoms with Crippen molar-refractivity contribution in [3.05, 3.63) is 0 Å². The van der Waals surface area contributed by atoms with Crippen molar-refractivity contribution >= 4 is 0 Å². The van der Waals surface area contributed by atoms with E-state index in [4.69, 9.17) is 4.74 Å².